The van der Waals surface area contributed by atoms with Gasteiger partial charge in [0.2, 0.25) is 0 Å². The van der Waals surface area contributed by atoms with Crippen molar-refractivity contribution in [3.05, 3.63) is 294 Å². The summed E-state index contributed by atoms with van der Waals surface area (Å²) >= 11 is 7.83. The van der Waals surface area contributed by atoms with Crippen LogP contribution in [-0.2, 0) is 37.9 Å². The SMILES string of the molecule is CCCCCCC1(CCCCCC)c2cc(C(C)(C)C)ccc2-c2c(N(c3ccc(Br)cc3)c3ccc(-c4ccc5c(c4)C4(c6ccccc6-c6ccccc64)c4cc(N(c6ccc(Br)cc6)c6cc(C(C)(C)C)cc7c6-c6ccc(C(C)(C)C)cc6C7(CCCCCC)CCCCCC)ccc4-5)cc3)cc(C(C)(C)C)cc21. The Balaban J connectivity index is 0.916. The summed E-state index contributed by atoms with van der Waals surface area (Å²) in [6.07, 6.45) is 24.5. The van der Waals surface area contributed by atoms with Gasteiger partial charge < -0.3 is 9.80 Å². The van der Waals surface area contributed by atoms with E-state index in [0.717, 1.165) is 57.4 Å². The molecule has 4 aliphatic rings. The third-order valence-electron chi connectivity index (χ3n) is 26.6. The second kappa shape index (κ2) is 31.9. The molecular formula is C109H124Br2N2. The van der Waals surface area contributed by atoms with Crippen LogP contribution in [0.2, 0.25) is 0 Å². The van der Waals surface area contributed by atoms with Crippen LogP contribution in [0.15, 0.2) is 227 Å². The zero-order valence-corrected chi connectivity index (χ0v) is 74.2. The lowest BCUT2D eigenvalue weighted by molar-refractivity contribution is 0.399. The Morgan fingerprint density at radius 3 is 0.965 bits per heavy atom. The van der Waals surface area contributed by atoms with Crippen LogP contribution in [0.3, 0.4) is 0 Å². The minimum absolute atomic E-state index is 0.00672. The van der Waals surface area contributed by atoms with E-state index in [9.17, 15) is 0 Å². The normalized spacial score (nSPS) is 14.5. The minimum Gasteiger partial charge on any atom is -0.310 e. The highest BCUT2D eigenvalue weighted by Crippen LogP contribution is 2.66. The summed E-state index contributed by atoms with van der Waals surface area (Å²) in [6, 6.07) is 87.7. The first-order valence-corrected chi connectivity index (χ1v) is 45.2. The Morgan fingerprint density at radius 2 is 0.575 bits per heavy atom. The van der Waals surface area contributed by atoms with E-state index in [0.29, 0.717) is 0 Å². The van der Waals surface area contributed by atoms with Crippen LogP contribution in [0.4, 0.5) is 34.1 Å². The highest BCUT2D eigenvalue weighted by Gasteiger charge is 2.53. The molecule has 11 aromatic carbocycles. The summed E-state index contributed by atoms with van der Waals surface area (Å²) in [5, 5.41) is 0. The Labute approximate surface area is 697 Å². The Kier molecular flexibility index (Phi) is 22.6. The van der Waals surface area contributed by atoms with Gasteiger partial charge in [0.25, 0.3) is 0 Å². The van der Waals surface area contributed by atoms with Crippen molar-refractivity contribution >= 4 is 66.0 Å². The van der Waals surface area contributed by atoms with Gasteiger partial charge in [-0.25, -0.2) is 0 Å². The van der Waals surface area contributed by atoms with Crippen molar-refractivity contribution in [2.75, 3.05) is 9.80 Å². The first kappa shape index (κ1) is 80.2. The zero-order chi connectivity index (χ0) is 79.6. The van der Waals surface area contributed by atoms with E-state index in [2.05, 4.69) is 371 Å². The molecule has 2 nitrogen and oxygen atoms in total. The third kappa shape index (κ3) is 14.6. The van der Waals surface area contributed by atoms with Gasteiger partial charge in [-0.15, -0.1) is 0 Å². The summed E-state index contributed by atoms with van der Waals surface area (Å²) in [7, 11) is 0. The topological polar surface area (TPSA) is 6.48 Å². The Morgan fingerprint density at radius 1 is 0.257 bits per heavy atom. The molecule has 4 aliphatic carbocycles. The maximum atomic E-state index is 3.94. The van der Waals surface area contributed by atoms with E-state index in [1.807, 2.05) is 0 Å². The van der Waals surface area contributed by atoms with Crippen molar-refractivity contribution < 1.29 is 0 Å². The molecule has 0 saturated carbocycles. The van der Waals surface area contributed by atoms with Crippen LogP contribution in [0.5, 0.6) is 0 Å². The van der Waals surface area contributed by atoms with Crippen LogP contribution in [-0.4, -0.2) is 0 Å². The van der Waals surface area contributed by atoms with E-state index in [4.69, 9.17) is 0 Å². The maximum absolute atomic E-state index is 3.94. The van der Waals surface area contributed by atoms with Gasteiger partial charge in [0.15, 0.2) is 0 Å². The molecule has 0 fully saturated rings. The molecule has 0 amide bonds. The van der Waals surface area contributed by atoms with E-state index in [-0.39, 0.29) is 32.5 Å². The van der Waals surface area contributed by atoms with Gasteiger partial charge in [-0.3, -0.25) is 0 Å². The quantitative estimate of drug-likeness (QED) is 0.0474. The molecule has 0 saturated heterocycles. The van der Waals surface area contributed by atoms with Crippen molar-refractivity contribution in [2.24, 2.45) is 0 Å². The number of halogens is 2. The van der Waals surface area contributed by atoms with Gasteiger partial charge >= 0.3 is 0 Å². The number of hydrogen-bond donors (Lipinski definition) is 0. The molecule has 0 aliphatic heterocycles. The van der Waals surface area contributed by atoms with Gasteiger partial charge in [0.1, 0.15) is 0 Å². The van der Waals surface area contributed by atoms with E-state index < -0.39 is 5.41 Å². The Bertz CT molecular complexity index is 5220. The predicted octanol–water partition coefficient (Wildman–Crippen LogP) is 33.8. The van der Waals surface area contributed by atoms with Gasteiger partial charge in [-0.05, 0) is 250 Å². The molecule has 15 rings (SSSR count). The van der Waals surface area contributed by atoms with Gasteiger partial charge in [0, 0.05) is 53.7 Å². The lowest BCUT2D eigenvalue weighted by Crippen LogP contribution is -2.27. The molecule has 1 spiro atoms. The molecule has 0 N–H and O–H groups in total. The van der Waals surface area contributed by atoms with Crippen LogP contribution in [0, 0.1) is 0 Å². The van der Waals surface area contributed by atoms with Crippen molar-refractivity contribution in [1.29, 1.82) is 0 Å². The van der Waals surface area contributed by atoms with Crippen molar-refractivity contribution in [2.45, 2.75) is 277 Å². The third-order valence-corrected chi connectivity index (χ3v) is 27.7. The standard InChI is InChI=1S/C109H124Br2N2/c1-17-21-25-33-61-107(62-34-26-22-18-2)93-66-75(103(5,6)7)44-58-89(93)101-97(107)68-77(105(11,12)13)70-99(101)112(82-52-46-79(110)47-53-82)81-50-41-73(42-51-81)74-43-57-87-88-60-56-84(72-96(88)109(95(87)65-74)91-39-31-29-37-85(91)86-38-30-32-40-92(86)109)113(83-54-48-80(111)49-55-83)100-71-78(106(14,15)16)69-98-102(100)90-59-45-76(104(8,9)10)67-94(90)108(98,63-35-27-23-19-3)64-36-28-24-20-4/h29-32,37-60,65-72H,17-28,33-36,61-64H2,1-16H3. The molecule has 4 heteroatoms. The number of fused-ring (bicyclic) bond motifs is 16. The second-order valence-electron chi connectivity index (χ2n) is 38.3. The number of unbranched alkanes of at least 4 members (excludes halogenated alkanes) is 12. The summed E-state index contributed by atoms with van der Waals surface area (Å²) in [6.45, 7) is 38.4. The van der Waals surface area contributed by atoms with Gasteiger partial charge in [0.05, 0.1) is 16.8 Å². The summed E-state index contributed by atoms with van der Waals surface area (Å²) in [5.41, 5.74) is 36.3. The largest absolute Gasteiger partial charge is 0.310 e. The van der Waals surface area contributed by atoms with E-state index in [1.165, 1.54) is 225 Å². The van der Waals surface area contributed by atoms with Gasteiger partial charge in [-0.1, -0.05) is 373 Å². The number of anilines is 6. The molecule has 113 heavy (non-hydrogen) atoms. The van der Waals surface area contributed by atoms with Crippen LogP contribution in [0.25, 0.3) is 55.6 Å². The number of benzene rings is 11. The molecule has 0 aromatic heterocycles. The lowest BCUT2D eigenvalue weighted by atomic mass is 9.68. The van der Waals surface area contributed by atoms with Crippen molar-refractivity contribution in [3.8, 4) is 55.6 Å². The monoisotopic (exact) mass is 1620 g/mol. The highest BCUT2D eigenvalue weighted by molar-refractivity contribution is 9.10. The maximum Gasteiger partial charge on any atom is 0.0726 e. The first-order chi connectivity index (χ1) is 54.2. The Hall–Kier alpha value is -8.02. The molecule has 0 bridgehead atoms. The lowest BCUT2D eigenvalue weighted by Gasteiger charge is -2.36. The van der Waals surface area contributed by atoms with Gasteiger partial charge in [-0.2, -0.15) is 0 Å². The molecule has 0 radical (unpaired) electrons. The average Bonchev–Trinajstić information content (AvgIpc) is 1.51. The predicted molar refractivity (Wildman–Crippen MR) is 495 cm³/mol. The smallest absolute Gasteiger partial charge is 0.0726 e. The fourth-order valence-electron chi connectivity index (χ4n) is 20.4. The van der Waals surface area contributed by atoms with Crippen LogP contribution >= 0.6 is 31.9 Å². The zero-order valence-electron chi connectivity index (χ0n) is 71.1. The van der Waals surface area contributed by atoms with Crippen molar-refractivity contribution in [3.63, 3.8) is 0 Å². The number of rotatable bonds is 27. The molecular weight excluding hydrogens is 1500 g/mol. The highest BCUT2D eigenvalue weighted by atomic mass is 79.9. The average molecular weight is 1620 g/mol. The molecule has 0 unspecified atom stereocenters. The molecule has 11 aromatic rings. The second-order valence-corrected chi connectivity index (χ2v) is 40.1. The van der Waals surface area contributed by atoms with E-state index in [1.54, 1.807) is 11.1 Å². The molecule has 0 atom stereocenters. The summed E-state index contributed by atoms with van der Waals surface area (Å²) in [5.74, 6) is 0. The number of nitrogens with zero attached hydrogens (tertiary/aromatic N) is 2. The molecule has 584 valence electrons. The molecule has 0 heterocycles. The fourth-order valence-corrected chi connectivity index (χ4v) is 20.9. The minimum atomic E-state index is -0.630. The van der Waals surface area contributed by atoms with Crippen LogP contribution < -0.4 is 9.80 Å². The number of hydrogen-bond acceptors (Lipinski definition) is 2. The first-order valence-electron chi connectivity index (χ1n) is 43.6. The van der Waals surface area contributed by atoms with Crippen LogP contribution in [0.1, 0.15) is 306 Å². The summed E-state index contributed by atoms with van der Waals surface area (Å²) < 4.78 is 2.14. The van der Waals surface area contributed by atoms with Crippen molar-refractivity contribution in [1.82, 2.24) is 0 Å². The van der Waals surface area contributed by atoms with E-state index >= 15 is 0 Å². The summed E-state index contributed by atoms with van der Waals surface area (Å²) in [4.78, 5) is 5.29. The fraction of sp³-hybridized carbons (Fsp3) is 0.394.